The summed E-state index contributed by atoms with van der Waals surface area (Å²) in [4.78, 5) is 14.3. The number of nitrogens with zero attached hydrogens (tertiary/aromatic N) is 3. The first-order valence-corrected chi connectivity index (χ1v) is 6.54. The molecule has 0 radical (unpaired) electrons. The fourth-order valence-corrected chi connectivity index (χ4v) is 1.57. The quantitative estimate of drug-likeness (QED) is 0.397. The van der Waals surface area contributed by atoms with E-state index in [1.807, 2.05) is 6.07 Å². The van der Waals surface area contributed by atoms with Gasteiger partial charge in [0.25, 0.3) is 0 Å². The first-order valence-electron chi connectivity index (χ1n) is 6.54. The van der Waals surface area contributed by atoms with Gasteiger partial charge in [0.2, 0.25) is 5.82 Å². The van der Waals surface area contributed by atoms with Gasteiger partial charge in [-0.05, 0) is 12.8 Å². The van der Waals surface area contributed by atoms with Crippen molar-refractivity contribution in [3.05, 3.63) is 27.9 Å². The molecule has 0 bridgehead atoms. The van der Waals surface area contributed by atoms with Gasteiger partial charge in [-0.2, -0.15) is 5.26 Å². The number of hydrogen-bond acceptors (Lipinski definition) is 7. The number of nitro groups is 1. The number of aromatic nitrogens is 1. The Balaban J connectivity index is 2.35. The second kappa shape index (κ2) is 9.63. The second-order valence-corrected chi connectivity index (χ2v) is 4.20. The lowest BCUT2D eigenvalue weighted by Crippen LogP contribution is -2.08. The molecule has 8 heteroatoms. The molecule has 0 amide bonds. The molecule has 1 rings (SSSR count). The third kappa shape index (κ3) is 6.16. The Morgan fingerprint density at radius 3 is 2.90 bits per heavy atom. The van der Waals surface area contributed by atoms with Crippen LogP contribution in [0.5, 0.6) is 0 Å². The Morgan fingerprint density at radius 2 is 2.24 bits per heavy atom. The highest BCUT2D eigenvalue weighted by atomic mass is 16.6. The maximum Gasteiger partial charge on any atom is 0.312 e. The van der Waals surface area contributed by atoms with Crippen LogP contribution in [0.4, 0.5) is 11.5 Å². The summed E-state index contributed by atoms with van der Waals surface area (Å²) >= 11 is 0. The van der Waals surface area contributed by atoms with E-state index < -0.39 is 4.92 Å². The van der Waals surface area contributed by atoms with Crippen molar-refractivity contribution in [3.63, 3.8) is 0 Å². The third-order valence-corrected chi connectivity index (χ3v) is 2.63. The van der Waals surface area contributed by atoms with Crippen LogP contribution in [0.2, 0.25) is 0 Å². The summed E-state index contributed by atoms with van der Waals surface area (Å²) in [5, 5.41) is 22.5. The summed E-state index contributed by atoms with van der Waals surface area (Å²) in [6.45, 7) is 2.30. The first-order chi connectivity index (χ1) is 10.2. The molecule has 0 aliphatic heterocycles. The van der Waals surface area contributed by atoms with E-state index in [1.165, 1.54) is 12.3 Å². The Bertz CT molecular complexity index is 501. The van der Waals surface area contributed by atoms with Crippen molar-refractivity contribution in [2.24, 2.45) is 0 Å². The minimum absolute atomic E-state index is 0.166. The molecule has 1 aromatic heterocycles. The van der Waals surface area contributed by atoms with Crippen molar-refractivity contribution in [1.29, 1.82) is 5.26 Å². The van der Waals surface area contributed by atoms with Crippen LogP contribution in [-0.4, -0.2) is 43.4 Å². The van der Waals surface area contributed by atoms with Gasteiger partial charge >= 0.3 is 5.69 Å². The number of methoxy groups -OCH3 is 1. The predicted octanol–water partition coefficient (Wildman–Crippen LogP) is 1.72. The number of pyridine rings is 1. The maximum atomic E-state index is 10.9. The molecule has 0 aromatic carbocycles. The van der Waals surface area contributed by atoms with Gasteiger partial charge < -0.3 is 14.8 Å². The maximum absolute atomic E-state index is 10.9. The molecule has 0 aliphatic carbocycles. The predicted molar refractivity (Wildman–Crippen MR) is 76.0 cm³/mol. The zero-order valence-corrected chi connectivity index (χ0v) is 11.9. The molecule has 21 heavy (non-hydrogen) atoms. The minimum Gasteiger partial charge on any atom is -0.382 e. The van der Waals surface area contributed by atoms with Gasteiger partial charge in [0.05, 0.1) is 23.7 Å². The van der Waals surface area contributed by atoms with E-state index in [9.17, 15) is 10.1 Å². The monoisotopic (exact) mass is 294 g/mol. The average Bonchev–Trinajstić information content (AvgIpc) is 2.49. The van der Waals surface area contributed by atoms with E-state index in [0.717, 1.165) is 12.8 Å². The number of nitrogens with one attached hydrogen (secondary N) is 1. The topological polar surface area (TPSA) is 110 Å². The molecule has 0 fully saturated rings. The highest BCUT2D eigenvalue weighted by Crippen LogP contribution is 2.22. The van der Waals surface area contributed by atoms with Crippen LogP contribution in [-0.2, 0) is 9.47 Å². The van der Waals surface area contributed by atoms with Crippen molar-refractivity contribution in [2.75, 3.05) is 38.8 Å². The summed E-state index contributed by atoms with van der Waals surface area (Å²) in [5.41, 5.74) is -0.0239. The minimum atomic E-state index is -0.552. The highest BCUT2D eigenvalue weighted by Gasteiger charge is 2.15. The van der Waals surface area contributed by atoms with Crippen molar-refractivity contribution in [2.45, 2.75) is 12.8 Å². The normalized spacial score (nSPS) is 10.1. The lowest BCUT2D eigenvalue weighted by Gasteiger charge is -2.06. The molecular weight excluding hydrogens is 276 g/mol. The Morgan fingerprint density at radius 1 is 1.43 bits per heavy atom. The molecule has 0 saturated carbocycles. The molecule has 8 nitrogen and oxygen atoms in total. The Hall–Kier alpha value is -2.24. The zero-order valence-electron chi connectivity index (χ0n) is 11.9. The van der Waals surface area contributed by atoms with Gasteiger partial charge in [0.1, 0.15) is 6.07 Å². The first kappa shape index (κ1) is 16.8. The van der Waals surface area contributed by atoms with E-state index in [-0.39, 0.29) is 17.1 Å². The second-order valence-electron chi connectivity index (χ2n) is 4.20. The third-order valence-electron chi connectivity index (χ3n) is 2.63. The molecule has 0 spiro atoms. The SMILES string of the molecule is COCCOCCCCNc1ncc(C#N)cc1[N+](=O)[O-]. The van der Waals surface area contributed by atoms with E-state index >= 15 is 0 Å². The van der Waals surface area contributed by atoms with Gasteiger partial charge in [-0.3, -0.25) is 10.1 Å². The summed E-state index contributed by atoms with van der Waals surface area (Å²) in [6, 6.07) is 3.04. The summed E-state index contributed by atoms with van der Waals surface area (Å²) in [7, 11) is 1.62. The number of rotatable bonds is 10. The van der Waals surface area contributed by atoms with Gasteiger partial charge in [-0.25, -0.2) is 4.98 Å². The van der Waals surface area contributed by atoms with Gasteiger partial charge in [-0.1, -0.05) is 0 Å². The van der Waals surface area contributed by atoms with Crippen LogP contribution in [0.15, 0.2) is 12.3 Å². The molecule has 1 aromatic rings. The van der Waals surface area contributed by atoms with Crippen LogP contribution >= 0.6 is 0 Å². The number of anilines is 1. The largest absolute Gasteiger partial charge is 0.382 e. The molecule has 0 unspecified atom stereocenters. The summed E-state index contributed by atoms with van der Waals surface area (Å²) < 4.78 is 10.2. The van der Waals surface area contributed by atoms with E-state index in [0.29, 0.717) is 26.4 Å². The standard InChI is InChI=1S/C13H18N4O4/c1-20-6-7-21-5-3-2-4-15-13-12(17(18)19)8-11(9-14)10-16-13/h8,10H,2-7H2,1H3,(H,15,16). The van der Waals surface area contributed by atoms with Crippen LogP contribution < -0.4 is 5.32 Å². The van der Waals surface area contributed by atoms with Gasteiger partial charge in [0.15, 0.2) is 0 Å². The van der Waals surface area contributed by atoms with Gasteiger partial charge in [-0.15, -0.1) is 0 Å². The lowest BCUT2D eigenvalue weighted by atomic mass is 10.2. The molecule has 1 heterocycles. The number of ether oxygens (including phenoxy) is 2. The summed E-state index contributed by atoms with van der Waals surface area (Å²) in [5.74, 6) is 0.180. The molecular formula is C13H18N4O4. The van der Waals surface area contributed by atoms with E-state index in [1.54, 1.807) is 7.11 Å². The Kier molecular flexibility index (Phi) is 7.71. The van der Waals surface area contributed by atoms with Crippen molar-refractivity contribution < 1.29 is 14.4 Å². The van der Waals surface area contributed by atoms with Crippen molar-refractivity contribution in [3.8, 4) is 6.07 Å². The molecule has 114 valence electrons. The Labute approximate surface area is 122 Å². The van der Waals surface area contributed by atoms with Crippen LogP contribution in [0.3, 0.4) is 0 Å². The smallest absolute Gasteiger partial charge is 0.312 e. The lowest BCUT2D eigenvalue weighted by molar-refractivity contribution is -0.384. The molecule has 0 saturated heterocycles. The van der Waals surface area contributed by atoms with E-state index in [4.69, 9.17) is 14.7 Å². The molecule has 1 N–H and O–H groups in total. The fraction of sp³-hybridized carbons (Fsp3) is 0.538. The number of nitriles is 1. The highest BCUT2D eigenvalue weighted by molar-refractivity contribution is 5.58. The number of hydrogen-bond donors (Lipinski definition) is 1. The zero-order chi connectivity index (χ0) is 15.5. The number of unbranched alkanes of at least 4 members (excludes halogenated alkanes) is 1. The van der Waals surface area contributed by atoms with Gasteiger partial charge in [0, 0.05) is 32.5 Å². The van der Waals surface area contributed by atoms with Crippen molar-refractivity contribution in [1.82, 2.24) is 4.98 Å². The molecule has 0 aliphatic rings. The van der Waals surface area contributed by atoms with Crippen molar-refractivity contribution >= 4 is 11.5 Å². The fourth-order valence-electron chi connectivity index (χ4n) is 1.57. The summed E-state index contributed by atoms with van der Waals surface area (Å²) in [6.07, 6.45) is 2.94. The van der Waals surface area contributed by atoms with Crippen LogP contribution in [0, 0.1) is 21.4 Å². The van der Waals surface area contributed by atoms with Crippen LogP contribution in [0.1, 0.15) is 18.4 Å². The van der Waals surface area contributed by atoms with Crippen LogP contribution in [0.25, 0.3) is 0 Å². The molecule has 0 atom stereocenters. The average molecular weight is 294 g/mol. The van der Waals surface area contributed by atoms with E-state index in [2.05, 4.69) is 10.3 Å².